The molecule has 0 unspecified atom stereocenters. The van der Waals surface area contributed by atoms with Gasteiger partial charge in [0.2, 0.25) is 23.6 Å². The summed E-state index contributed by atoms with van der Waals surface area (Å²) >= 11 is 28.2. The van der Waals surface area contributed by atoms with Crippen LogP contribution in [-0.4, -0.2) is 169 Å². The number of carbonyl (C=O) groups is 6. The van der Waals surface area contributed by atoms with Crippen LogP contribution in [0.2, 0.25) is 0 Å². The second-order valence-electron chi connectivity index (χ2n) is 20.5. The summed E-state index contributed by atoms with van der Waals surface area (Å²) in [5, 5.41) is 46.1. The van der Waals surface area contributed by atoms with Crippen molar-refractivity contribution in [1.29, 1.82) is 0 Å². The Hall–Kier alpha value is -14.1. The molecule has 0 aliphatic rings. The van der Waals surface area contributed by atoms with Crippen LogP contribution in [-0.2, 0) is 19.2 Å². The summed E-state index contributed by atoms with van der Waals surface area (Å²) in [6.45, 7) is 15.9. The second-order valence-corrected chi connectivity index (χ2v) is 23.5. The quantitative estimate of drug-likeness (QED) is 0.0229. The molecule has 0 aliphatic carbocycles. The van der Waals surface area contributed by atoms with E-state index < -0.39 is 12.1 Å². The first-order valence-electron chi connectivity index (χ1n) is 31.3. The Morgan fingerprint density at radius 3 is 0.670 bits per heavy atom. The molecular formula is C64H80N36O6S6. The number of hydrazone groups is 12. The number of rotatable bonds is 24. The summed E-state index contributed by atoms with van der Waals surface area (Å²) in [4.78, 5) is 90.3. The van der Waals surface area contributed by atoms with Crippen molar-refractivity contribution in [1.82, 2.24) is 95.0 Å². The van der Waals surface area contributed by atoms with Gasteiger partial charge >= 0.3 is 12.1 Å². The molecule has 0 radical (unpaired) electrons. The number of carbonyl (C=O) groups excluding carboxylic acids is 6. The van der Waals surface area contributed by atoms with Crippen molar-refractivity contribution in [2.24, 2.45) is 95.6 Å². The average Bonchev–Trinajstić information content (AvgIpc) is 0.892. The first-order valence-corrected chi connectivity index (χ1v) is 33.7. The predicted molar refractivity (Wildman–Crippen MR) is 458 cm³/mol. The number of aromatic nitrogens is 6. The Labute approximate surface area is 674 Å². The van der Waals surface area contributed by atoms with Gasteiger partial charge in [-0.2, -0.15) is 61.2 Å². The van der Waals surface area contributed by atoms with Gasteiger partial charge in [-0.1, -0.05) is 60.8 Å². The van der Waals surface area contributed by atoms with E-state index in [9.17, 15) is 28.8 Å². The van der Waals surface area contributed by atoms with Crippen molar-refractivity contribution in [2.75, 3.05) is 0 Å². The van der Waals surface area contributed by atoms with E-state index in [0.29, 0.717) is 101 Å². The number of nitrogens with two attached hydrogens (primary N) is 6. The van der Waals surface area contributed by atoms with E-state index in [4.69, 9.17) is 58.8 Å². The smallest absolute Gasteiger partial charge is 0.332 e. The van der Waals surface area contributed by atoms with Gasteiger partial charge in [-0.3, -0.25) is 51.7 Å². The van der Waals surface area contributed by atoms with Gasteiger partial charge in [0.1, 0.15) is 0 Å². The lowest BCUT2D eigenvalue weighted by atomic mass is 10.2. The van der Waals surface area contributed by atoms with Crippen LogP contribution in [0.5, 0.6) is 0 Å². The van der Waals surface area contributed by atoms with Crippen LogP contribution in [0.3, 0.4) is 0 Å². The van der Waals surface area contributed by atoms with Crippen molar-refractivity contribution < 1.29 is 28.8 Å². The molecule has 0 saturated carbocycles. The Kier molecular flexibility index (Phi) is 48.1. The number of hydrogen-bond acceptors (Lipinski definition) is 30. The van der Waals surface area contributed by atoms with Crippen molar-refractivity contribution in [3.05, 3.63) is 178 Å². The van der Waals surface area contributed by atoms with Crippen molar-refractivity contribution in [3.63, 3.8) is 0 Å². The van der Waals surface area contributed by atoms with Crippen LogP contribution in [0.4, 0.5) is 9.59 Å². The van der Waals surface area contributed by atoms with E-state index in [1.54, 1.807) is 127 Å². The molecule has 0 aliphatic heterocycles. The molecule has 6 aromatic rings. The summed E-state index contributed by atoms with van der Waals surface area (Å²) in [6, 6.07) is 30.4. The van der Waals surface area contributed by atoms with Gasteiger partial charge in [0.15, 0.2) is 20.4 Å². The minimum Gasteiger partial charge on any atom is -0.375 e. The molecule has 48 heteroatoms. The van der Waals surface area contributed by atoms with Gasteiger partial charge < -0.3 is 34.4 Å². The van der Waals surface area contributed by atoms with Gasteiger partial charge in [0, 0.05) is 27.7 Å². The number of nitrogens with zero attached hydrogens (tertiary/aromatic N) is 18. The topological polar surface area (TPSA) is 629 Å². The summed E-state index contributed by atoms with van der Waals surface area (Å²) in [5.74, 6) is -1.04. The zero-order valence-electron chi connectivity index (χ0n) is 61.4. The number of urea groups is 2. The Morgan fingerprint density at radius 1 is 0.259 bits per heavy atom. The summed E-state index contributed by atoms with van der Waals surface area (Å²) in [6.07, 6.45) is 11.7. The Balaban J connectivity index is 0.000000672. The maximum absolute atomic E-state index is 10.8. The lowest BCUT2D eigenvalue weighted by molar-refractivity contribution is -0.119. The minimum absolute atomic E-state index is 0.0876. The third-order valence-electron chi connectivity index (χ3n) is 10.7. The summed E-state index contributed by atoms with van der Waals surface area (Å²) in [5.41, 5.74) is 69.0. The maximum Gasteiger partial charge on any atom is 0.332 e. The molecule has 0 aromatic carbocycles. The molecule has 112 heavy (non-hydrogen) atoms. The van der Waals surface area contributed by atoms with Crippen LogP contribution < -0.4 is 99.5 Å². The van der Waals surface area contributed by atoms with Crippen LogP contribution in [0, 0.1) is 0 Å². The number of nitrogens with one attached hydrogen (secondary N) is 12. The second kappa shape index (κ2) is 56.2. The monoisotopic (exact) mass is 1640 g/mol. The molecule has 0 spiro atoms. The largest absolute Gasteiger partial charge is 0.375 e. The summed E-state index contributed by atoms with van der Waals surface area (Å²) in [7, 11) is 0. The summed E-state index contributed by atoms with van der Waals surface area (Å²) < 4.78 is 0. The van der Waals surface area contributed by atoms with Gasteiger partial charge in [0.05, 0.1) is 151 Å². The van der Waals surface area contributed by atoms with E-state index in [0.717, 1.165) is 0 Å². The molecule has 0 saturated heterocycles. The number of thiocarbonyl (C=S) groups is 6. The lowest BCUT2D eigenvalue weighted by Gasteiger charge is -2.05. The average molecular weight is 1640 g/mol. The molecule has 24 N–H and O–H groups in total. The first kappa shape index (κ1) is 95.9. The predicted octanol–water partition coefficient (Wildman–Crippen LogP) is 1.14. The van der Waals surface area contributed by atoms with Gasteiger partial charge in [0.25, 0.3) is 0 Å². The lowest BCUT2D eigenvalue weighted by Crippen LogP contribution is -2.26. The molecular weight excluding hydrogens is 1560 g/mol. The fourth-order valence-electron chi connectivity index (χ4n) is 6.37. The highest BCUT2D eigenvalue weighted by molar-refractivity contribution is 7.81. The van der Waals surface area contributed by atoms with Crippen molar-refractivity contribution in [2.45, 2.75) is 69.2 Å². The van der Waals surface area contributed by atoms with Gasteiger partial charge in [-0.05, 0) is 163 Å². The van der Waals surface area contributed by atoms with Gasteiger partial charge in [-0.25, -0.2) is 72.0 Å². The normalized spacial score (nSPS) is 11.2. The van der Waals surface area contributed by atoms with Gasteiger partial charge in [-0.15, -0.1) is 0 Å². The van der Waals surface area contributed by atoms with Crippen LogP contribution >= 0.6 is 73.3 Å². The van der Waals surface area contributed by atoms with E-state index in [1.807, 2.05) is 41.8 Å². The molecule has 6 heterocycles. The van der Waals surface area contributed by atoms with Crippen LogP contribution in [0.15, 0.2) is 170 Å². The zero-order valence-corrected chi connectivity index (χ0v) is 66.3. The molecule has 6 rings (SSSR count). The van der Waals surface area contributed by atoms with Crippen LogP contribution in [0.25, 0.3) is 0 Å². The molecule has 42 nitrogen and oxygen atoms in total. The molecule has 588 valence electrons. The van der Waals surface area contributed by atoms with E-state index >= 15 is 0 Å². The number of primary amides is 2. The highest BCUT2D eigenvalue weighted by Crippen LogP contribution is 2.05. The number of amides is 8. The third-order valence-corrected chi connectivity index (χ3v) is 11.3. The SMILES string of the molecule is C/C(=N\NC(N)=S)c1cccc(/C(C)=N/NC(N)=S)n1.CC(=O)N/N=C(\C)c1cccc(/C(C)=N/NC(N)=O)n1.CC(=O)N/N=C/c1cccc(/C=N/NC(C)=O)n1.CC(=O)N/N=C/c1cccc(/C=N/NC(N)=O)n1.CC(=S)N/N=C/c1cccc(/C=N/NC(C)=S)n1.NC(=S)N/N=C/c1cccc(/C=N/NC(N)=S)n1. The molecule has 0 bridgehead atoms. The van der Waals surface area contributed by atoms with Crippen LogP contribution in [0.1, 0.15) is 138 Å². The molecule has 8 amide bonds. The van der Waals surface area contributed by atoms with Crippen molar-refractivity contribution in [3.8, 4) is 0 Å². The highest BCUT2D eigenvalue weighted by atomic mass is 32.1. The Morgan fingerprint density at radius 2 is 0.455 bits per heavy atom. The highest BCUT2D eigenvalue weighted by Gasteiger charge is 2.08. The molecule has 6 aromatic heterocycles. The van der Waals surface area contributed by atoms with E-state index in [1.165, 1.54) is 65.0 Å². The minimum atomic E-state index is -0.755. The van der Waals surface area contributed by atoms with E-state index in [2.05, 4.69) is 200 Å². The number of pyridine rings is 6. The fraction of sp³-hybridized carbons (Fsp3) is 0.156. The maximum atomic E-state index is 10.8. The third kappa shape index (κ3) is 51.2. The number of hydrogen-bond donors (Lipinski definition) is 18. The Bertz CT molecular complexity index is 3910. The zero-order chi connectivity index (χ0) is 83.8. The first-order chi connectivity index (χ1) is 53.1. The fourth-order valence-corrected chi connectivity index (χ4v) is 6.67. The standard InChI is InChI=1S/C12H16N6O2.C11H15N7S2.C11H13N5O2.C11H13N5S2.C10H12N6O2.C9H11N7S2/c1-7(15-17-9(3)19)10-5-4-6-11(14-10)8(2)16-18-12(13)20;1-6(15-17-10(12)19)8-4-3-5-9(14-8)7(2)16-18-11(13)20;2*1-8(17)15-12-6-10-4-3-5-11(14-10)7-13-16-9(2)18;1-7(17)15-12-5-8-3-2-4-9(14-8)6-13-16-10(11)18;10-8(17)15-12-4-6-2-1-3-7(14-6)5-13-16-9(11)18/h4-6H,1-3H3,(H,17,19)(H3,13,18,20);3-5H,1-2H3,(H3,12,17,19)(H3,13,18,20);2*3-7H,1-2H3,(H,15,17)(H,16,18);2-6H,1H3,(H,15,17)(H3,11,16,18);1-5H,(H3,10,15,17)(H3,11,16,18)/b15-7+,16-8+;15-6+,16-7+;2*12-6+,13-7+;12-5+,13-6+;12-4+,13-5+. The molecule has 0 fully saturated rings. The van der Waals surface area contributed by atoms with E-state index in [-0.39, 0.29) is 44.1 Å². The molecule has 0 atom stereocenters. The van der Waals surface area contributed by atoms with Crippen molar-refractivity contribution >= 4 is 212 Å².